The number of nitrogen functional groups attached to an aromatic ring is 1. The van der Waals surface area contributed by atoms with Crippen molar-refractivity contribution in [3.8, 4) is 5.75 Å². The number of nitrogens with one attached hydrogen (secondary N) is 2. The number of aromatic nitrogens is 2. The molecule has 29 heavy (non-hydrogen) atoms. The maximum absolute atomic E-state index is 12.2. The first-order chi connectivity index (χ1) is 14.0. The molecule has 0 aliphatic carbocycles. The summed E-state index contributed by atoms with van der Waals surface area (Å²) < 4.78 is 5.65. The van der Waals surface area contributed by atoms with Crippen LogP contribution in [0, 0.1) is 6.92 Å². The number of unbranched alkanes of at least 4 members (excludes halogenated alkanes) is 1. The number of methoxy groups -OCH3 is 1. The third-order valence-electron chi connectivity index (χ3n) is 5.09. The lowest BCUT2D eigenvalue weighted by Crippen LogP contribution is -2.48. The van der Waals surface area contributed by atoms with Gasteiger partial charge in [0.15, 0.2) is 0 Å². The number of nitrogens with zero attached hydrogens (tertiary/aromatic N) is 3. The molecule has 2 aromatic rings. The van der Waals surface area contributed by atoms with Crippen LogP contribution in [0.3, 0.4) is 0 Å². The Labute approximate surface area is 171 Å². The molecule has 1 aromatic carbocycles. The van der Waals surface area contributed by atoms with Crippen LogP contribution in [0.2, 0.25) is 0 Å². The number of rotatable bonds is 8. The van der Waals surface area contributed by atoms with Crippen molar-refractivity contribution in [3.63, 3.8) is 0 Å². The molecule has 0 unspecified atom stereocenters. The minimum atomic E-state index is 0.0660. The van der Waals surface area contributed by atoms with E-state index in [0.717, 1.165) is 60.0 Å². The van der Waals surface area contributed by atoms with Gasteiger partial charge in [0, 0.05) is 49.1 Å². The van der Waals surface area contributed by atoms with Gasteiger partial charge in [-0.25, -0.2) is 4.98 Å². The van der Waals surface area contributed by atoms with E-state index in [1.54, 1.807) is 12.0 Å². The molecule has 1 aliphatic rings. The first-order valence-corrected chi connectivity index (χ1v) is 10.1. The van der Waals surface area contributed by atoms with Gasteiger partial charge in [0.05, 0.1) is 13.7 Å². The van der Waals surface area contributed by atoms with Crippen molar-refractivity contribution in [2.24, 2.45) is 0 Å². The molecule has 2 heterocycles. The van der Waals surface area contributed by atoms with E-state index in [1.165, 1.54) is 0 Å². The second-order valence-electron chi connectivity index (χ2n) is 7.17. The predicted molar refractivity (Wildman–Crippen MR) is 116 cm³/mol. The van der Waals surface area contributed by atoms with Gasteiger partial charge in [0.1, 0.15) is 11.6 Å². The minimum absolute atomic E-state index is 0.0660. The number of nitrogens with two attached hydrogens (primary N) is 1. The number of aryl methyl sites for hydroxylation is 1. The number of anilines is 3. The summed E-state index contributed by atoms with van der Waals surface area (Å²) in [5.74, 6) is 1.84. The monoisotopic (exact) mass is 398 g/mol. The van der Waals surface area contributed by atoms with Crippen LogP contribution in [0.25, 0.3) is 0 Å². The Morgan fingerprint density at radius 1 is 1.34 bits per heavy atom. The highest BCUT2D eigenvalue weighted by molar-refractivity contribution is 5.95. The van der Waals surface area contributed by atoms with E-state index < -0.39 is 0 Å². The summed E-state index contributed by atoms with van der Waals surface area (Å²) >= 11 is 0. The Morgan fingerprint density at radius 3 is 2.90 bits per heavy atom. The lowest BCUT2D eigenvalue weighted by molar-refractivity contribution is -0.118. The zero-order valence-electron chi connectivity index (χ0n) is 17.4. The normalized spacial score (nSPS) is 14.2. The van der Waals surface area contributed by atoms with E-state index >= 15 is 0 Å². The molecule has 0 saturated carbocycles. The van der Waals surface area contributed by atoms with Gasteiger partial charge in [-0.3, -0.25) is 4.79 Å². The van der Waals surface area contributed by atoms with Crippen LogP contribution in [-0.4, -0.2) is 49.2 Å². The molecule has 0 bridgehead atoms. The fourth-order valence-corrected chi connectivity index (χ4v) is 3.48. The second kappa shape index (κ2) is 9.56. The van der Waals surface area contributed by atoms with Crippen LogP contribution < -0.4 is 26.0 Å². The number of hydrogen-bond acceptors (Lipinski definition) is 7. The fourth-order valence-electron chi connectivity index (χ4n) is 3.48. The van der Waals surface area contributed by atoms with Crippen LogP contribution in [0.4, 0.5) is 17.5 Å². The van der Waals surface area contributed by atoms with Gasteiger partial charge >= 0.3 is 0 Å². The largest absolute Gasteiger partial charge is 0.496 e. The van der Waals surface area contributed by atoms with Crippen LogP contribution >= 0.6 is 0 Å². The van der Waals surface area contributed by atoms with Crippen molar-refractivity contribution in [2.75, 3.05) is 49.2 Å². The molecule has 1 amide bonds. The summed E-state index contributed by atoms with van der Waals surface area (Å²) in [6.07, 6.45) is 2.76. The van der Waals surface area contributed by atoms with Gasteiger partial charge in [-0.15, -0.1) is 0 Å². The number of ether oxygens (including phenoxy) is 1. The molecular weight excluding hydrogens is 368 g/mol. The predicted octanol–water partition coefficient (Wildman–Crippen LogP) is 2.11. The first-order valence-electron chi connectivity index (χ1n) is 10.1. The SMILES string of the molecule is CCCCNc1nc(N)nc(C)c1Cc1ccc(N2CCNCC2=O)cc1OC. The number of piperazine rings is 1. The van der Waals surface area contributed by atoms with Crippen molar-refractivity contribution >= 4 is 23.4 Å². The number of benzene rings is 1. The van der Waals surface area contributed by atoms with Crippen molar-refractivity contribution in [3.05, 3.63) is 35.0 Å². The van der Waals surface area contributed by atoms with Crippen molar-refractivity contribution < 1.29 is 9.53 Å². The lowest BCUT2D eigenvalue weighted by atomic mass is 10.0. The van der Waals surface area contributed by atoms with Gasteiger partial charge in [-0.2, -0.15) is 4.98 Å². The number of carbonyl (C=O) groups excluding carboxylic acids is 1. The van der Waals surface area contributed by atoms with Gasteiger partial charge in [-0.05, 0) is 25.0 Å². The molecule has 0 spiro atoms. The Bertz CT molecular complexity index is 870. The van der Waals surface area contributed by atoms with Crippen molar-refractivity contribution in [2.45, 2.75) is 33.1 Å². The van der Waals surface area contributed by atoms with Crippen molar-refractivity contribution in [1.29, 1.82) is 0 Å². The fraction of sp³-hybridized carbons (Fsp3) is 0.476. The average molecular weight is 399 g/mol. The molecule has 1 saturated heterocycles. The quantitative estimate of drug-likeness (QED) is 0.585. The van der Waals surface area contributed by atoms with Crippen LogP contribution in [0.5, 0.6) is 5.75 Å². The molecule has 156 valence electrons. The summed E-state index contributed by atoms with van der Waals surface area (Å²) in [4.78, 5) is 22.7. The average Bonchev–Trinajstić information content (AvgIpc) is 2.71. The van der Waals surface area contributed by atoms with E-state index in [0.29, 0.717) is 19.5 Å². The highest BCUT2D eigenvalue weighted by atomic mass is 16.5. The van der Waals surface area contributed by atoms with Crippen molar-refractivity contribution in [1.82, 2.24) is 15.3 Å². The molecule has 1 fully saturated rings. The number of carbonyl (C=O) groups is 1. The van der Waals surface area contributed by atoms with Crippen LogP contribution in [-0.2, 0) is 11.2 Å². The molecule has 4 N–H and O–H groups in total. The van der Waals surface area contributed by atoms with Gasteiger partial charge in [0.2, 0.25) is 11.9 Å². The molecule has 8 heteroatoms. The molecule has 0 atom stereocenters. The molecule has 0 radical (unpaired) electrons. The maximum atomic E-state index is 12.2. The maximum Gasteiger partial charge on any atom is 0.240 e. The Balaban J connectivity index is 1.88. The van der Waals surface area contributed by atoms with E-state index in [4.69, 9.17) is 10.5 Å². The highest BCUT2D eigenvalue weighted by Crippen LogP contribution is 2.30. The highest BCUT2D eigenvalue weighted by Gasteiger charge is 2.21. The standard InChI is InChI=1S/C21H30N6O2/c1-4-5-8-24-20-17(14(2)25-21(22)26-20)11-15-6-7-16(12-18(15)29-3)27-10-9-23-13-19(27)28/h6-7,12,23H,4-5,8-11,13H2,1-3H3,(H3,22,24,25,26). The summed E-state index contributed by atoms with van der Waals surface area (Å²) in [5, 5.41) is 6.48. The third kappa shape index (κ3) is 4.95. The zero-order chi connectivity index (χ0) is 20.8. The number of hydrogen-bond donors (Lipinski definition) is 3. The van der Waals surface area contributed by atoms with E-state index in [2.05, 4.69) is 27.5 Å². The van der Waals surface area contributed by atoms with E-state index in [9.17, 15) is 4.79 Å². The Kier molecular flexibility index (Phi) is 6.87. The Morgan fingerprint density at radius 2 is 2.17 bits per heavy atom. The second-order valence-corrected chi connectivity index (χ2v) is 7.17. The van der Waals surface area contributed by atoms with Gasteiger partial charge in [0.25, 0.3) is 0 Å². The molecule has 1 aliphatic heterocycles. The van der Waals surface area contributed by atoms with E-state index in [-0.39, 0.29) is 11.9 Å². The Hall–Kier alpha value is -2.87. The third-order valence-corrected chi connectivity index (χ3v) is 5.09. The summed E-state index contributed by atoms with van der Waals surface area (Å²) in [5.41, 5.74) is 9.57. The topological polar surface area (TPSA) is 105 Å². The summed E-state index contributed by atoms with van der Waals surface area (Å²) in [6.45, 7) is 6.72. The summed E-state index contributed by atoms with van der Waals surface area (Å²) in [6, 6.07) is 5.91. The van der Waals surface area contributed by atoms with Crippen LogP contribution in [0.15, 0.2) is 18.2 Å². The lowest BCUT2D eigenvalue weighted by Gasteiger charge is -2.28. The zero-order valence-corrected chi connectivity index (χ0v) is 17.4. The first kappa shape index (κ1) is 20.9. The molecular formula is C21H30N6O2. The van der Waals surface area contributed by atoms with E-state index in [1.807, 2.05) is 25.1 Å². The molecule has 3 rings (SSSR count). The minimum Gasteiger partial charge on any atom is -0.496 e. The van der Waals surface area contributed by atoms with Gasteiger partial charge in [-0.1, -0.05) is 19.4 Å². The number of amides is 1. The van der Waals surface area contributed by atoms with Gasteiger partial charge < -0.3 is 26.0 Å². The van der Waals surface area contributed by atoms with Crippen LogP contribution in [0.1, 0.15) is 36.6 Å². The molecule has 1 aromatic heterocycles. The summed E-state index contributed by atoms with van der Waals surface area (Å²) in [7, 11) is 1.65. The smallest absolute Gasteiger partial charge is 0.240 e. The molecule has 8 nitrogen and oxygen atoms in total.